The minimum absolute atomic E-state index is 0.116. The molecule has 2 heteroatoms. The van der Waals surface area contributed by atoms with Crippen molar-refractivity contribution in [2.45, 2.75) is 149 Å². The van der Waals surface area contributed by atoms with E-state index in [1.807, 2.05) is 13.8 Å². The molecule has 2 nitrogen and oxygen atoms in total. The summed E-state index contributed by atoms with van der Waals surface area (Å²) in [5.41, 5.74) is 0. The lowest BCUT2D eigenvalue weighted by Crippen LogP contribution is -2.28. The predicted molar refractivity (Wildman–Crippen MR) is 126 cm³/mol. The Labute approximate surface area is 178 Å². The Morgan fingerprint density at radius 1 is 0.536 bits per heavy atom. The van der Waals surface area contributed by atoms with Gasteiger partial charge in [-0.2, -0.15) is 0 Å². The molecule has 0 fully saturated rings. The smallest absolute Gasteiger partial charge is 0.222 e. The quantitative estimate of drug-likeness (QED) is 0.183. The second kappa shape index (κ2) is 22.8. The van der Waals surface area contributed by atoms with E-state index in [1.54, 1.807) is 0 Å². The van der Waals surface area contributed by atoms with Gasteiger partial charge >= 0.3 is 0 Å². The van der Waals surface area contributed by atoms with Crippen LogP contribution in [-0.2, 0) is 4.79 Å². The summed E-state index contributed by atoms with van der Waals surface area (Å²) in [6.45, 7) is 7.05. The van der Waals surface area contributed by atoms with Crippen molar-refractivity contribution in [2.75, 3.05) is 6.54 Å². The van der Waals surface area contributed by atoms with Crippen LogP contribution in [0.4, 0.5) is 0 Å². The molecule has 0 bridgehead atoms. The standard InChI is InChI=1S/C26H53NO/c1-4-5-6-7-8-9-10-11-12-13-14-15-16-17-18-19-20-21-22-23-24-27-26(28)25(2)3/h25H,4-24H2,1-3H3,(H,27,28). The molecule has 0 aliphatic carbocycles. The zero-order valence-corrected chi connectivity index (χ0v) is 19.8. The molecule has 0 rings (SSSR count). The molecule has 0 heterocycles. The SMILES string of the molecule is CCCCCCCCCCCCCCCCCCCCCCNC(=O)C(C)C. The fraction of sp³-hybridized carbons (Fsp3) is 0.962. The minimum Gasteiger partial charge on any atom is -0.356 e. The number of carbonyl (C=O) groups is 1. The van der Waals surface area contributed by atoms with Crippen LogP contribution in [0.15, 0.2) is 0 Å². The van der Waals surface area contributed by atoms with Gasteiger partial charge in [-0.1, -0.05) is 143 Å². The van der Waals surface area contributed by atoms with Gasteiger partial charge in [-0.05, 0) is 6.42 Å². The molecule has 0 spiro atoms. The first-order valence-electron chi connectivity index (χ1n) is 13.0. The summed E-state index contributed by atoms with van der Waals surface area (Å²) in [6.07, 6.45) is 28.2. The van der Waals surface area contributed by atoms with E-state index < -0.39 is 0 Å². The van der Waals surface area contributed by atoms with Crippen molar-refractivity contribution in [1.29, 1.82) is 0 Å². The number of hydrogen-bond donors (Lipinski definition) is 1. The molecule has 0 unspecified atom stereocenters. The van der Waals surface area contributed by atoms with E-state index >= 15 is 0 Å². The van der Waals surface area contributed by atoms with Gasteiger partial charge in [0.1, 0.15) is 0 Å². The van der Waals surface area contributed by atoms with E-state index in [2.05, 4.69) is 12.2 Å². The first-order valence-corrected chi connectivity index (χ1v) is 13.0. The zero-order chi connectivity index (χ0) is 20.7. The molecule has 1 N–H and O–H groups in total. The largest absolute Gasteiger partial charge is 0.356 e. The highest BCUT2D eigenvalue weighted by Crippen LogP contribution is 2.14. The van der Waals surface area contributed by atoms with Crippen molar-refractivity contribution < 1.29 is 4.79 Å². The summed E-state index contributed by atoms with van der Waals surface area (Å²) in [5, 5.41) is 3.00. The van der Waals surface area contributed by atoms with Crippen molar-refractivity contribution in [3.05, 3.63) is 0 Å². The molecular formula is C26H53NO. The van der Waals surface area contributed by atoms with Crippen LogP contribution >= 0.6 is 0 Å². The second-order valence-corrected chi connectivity index (χ2v) is 9.16. The van der Waals surface area contributed by atoms with Crippen LogP contribution in [-0.4, -0.2) is 12.5 Å². The maximum absolute atomic E-state index is 11.4. The maximum atomic E-state index is 11.4. The van der Waals surface area contributed by atoms with Crippen LogP contribution in [0.3, 0.4) is 0 Å². The molecule has 0 aromatic rings. The predicted octanol–water partition coefficient (Wildman–Crippen LogP) is 8.58. The average Bonchev–Trinajstić information content (AvgIpc) is 2.68. The van der Waals surface area contributed by atoms with E-state index in [9.17, 15) is 4.79 Å². The first-order chi connectivity index (χ1) is 13.7. The monoisotopic (exact) mass is 395 g/mol. The van der Waals surface area contributed by atoms with E-state index in [-0.39, 0.29) is 11.8 Å². The number of rotatable bonds is 22. The Balaban J connectivity index is 3.04. The summed E-state index contributed by atoms with van der Waals surface area (Å²) < 4.78 is 0. The van der Waals surface area contributed by atoms with Crippen LogP contribution in [0.2, 0.25) is 0 Å². The van der Waals surface area contributed by atoms with Gasteiger partial charge in [0.05, 0.1) is 0 Å². The third kappa shape index (κ3) is 21.8. The van der Waals surface area contributed by atoms with Gasteiger partial charge in [-0.3, -0.25) is 4.79 Å². The van der Waals surface area contributed by atoms with Gasteiger partial charge in [0.2, 0.25) is 5.91 Å². The van der Waals surface area contributed by atoms with E-state index in [0.717, 1.165) is 13.0 Å². The van der Waals surface area contributed by atoms with Gasteiger partial charge < -0.3 is 5.32 Å². The van der Waals surface area contributed by atoms with Crippen molar-refractivity contribution in [1.82, 2.24) is 5.32 Å². The first kappa shape index (κ1) is 27.5. The van der Waals surface area contributed by atoms with E-state index in [0.29, 0.717) is 0 Å². The molecule has 0 radical (unpaired) electrons. The average molecular weight is 396 g/mol. The molecule has 0 aromatic heterocycles. The molecule has 0 saturated carbocycles. The highest BCUT2D eigenvalue weighted by molar-refractivity contribution is 5.77. The van der Waals surface area contributed by atoms with Crippen LogP contribution < -0.4 is 5.32 Å². The summed E-state index contributed by atoms with van der Waals surface area (Å²) in [5.74, 6) is 0.308. The number of hydrogen-bond acceptors (Lipinski definition) is 1. The van der Waals surface area contributed by atoms with Crippen LogP contribution in [0, 0.1) is 5.92 Å². The number of unbranched alkanes of at least 4 members (excludes halogenated alkanes) is 19. The molecule has 0 aliphatic heterocycles. The summed E-state index contributed by atoms with van der Waals surface area (Å²) in [6, 6.07) is 0. The van der Waals surface area contributed by atoms with Crippen molar-refractivity contribution in [3.8, 4) is 0 Å². The van der Waals surface area contributed by atoms with E-state index in [4.69, 9.17) is 0 Å². The Hall–Kier alpha value is -0.530. The lowest BCUT2D eigenvalue weighted by Gasteiger charge is -2.07. The molecule has 0 aromatic carbocycles. The Morgan fingerprint density at radius 3 is 1.11 bits per heavy atom. The van der Waals surface area contributed by atoms with Crippen LogP contribution in [0.5, 0.6) is 0 Å². The Morgan fingerprint density at radius 2 is 0.821 bits per heavy atom. The third-order valence-electron chi connectivity index (χ3n) is 5.85. The fourth-order valence-electron chi connectivity index (χ4n) is 3.80. The van der Waals surface area contributed by atoms with Gasteiger partial charge in [-0.25, -0.2) is 0 Å². The highest BCUT2D eigenvalue weighted by atomic mass is 16.1. The van der Waals surface area contributed by atoms with Gasteiger partial charge in [0.15, 0.2) is 0 Å². The zero-order valence-electron chi connectivity index (χ0n) is 19.8. The molecule has 1 amide bonds. The summed E-state index contributed by atoms with van der Waals surface area (Å²) >= 11 is 0. The number of nitrogens with one attached hydrogen (secondary N) is 1. The van der Waals surface area contributed by atoms with Crippen molar-refractivity contribution >= 4 is 5.91 Å². The summed E-state index contributed by atoms with van der Waals surface area (Å²) in [7, 11) is 0. The molecule has 0 aliphatic rings. The highest BCUT2D eigenvalue weighted by Gasteiger charge is 2.04. The molecule has 0 saturated heterocycles. The molecule has 28 heavy (non-hydrogen) atoms. The lowest BCUT2D eigenvalue weighted by molar-refractivity contribution is -0.123. The number of amides is 1. The van der Waals surface area contributed by atoms with Crippen molar-refractivity contribution in [3.63, 3.8) is 0 Å². The van der Waals surface area contributed by atoms with Crippen LogP contribution in [0.25, 0.3) is 0 Å². The number of carbonyl (C=O) groups excluding carboxylic acids is 1. The van der Waals surface area contributed by atoms with Gasteiger partial charge in [-0.15, -0.1) is 0 Å². The van der Waals surface area contributed by atoms with Crippen LogP contribution in [0.1, 0.15) is 149 Å². The fourth-order valence-corrected chi connectivity index (χ4v) is 3.80. The third-order valence-corrected chi connectivity index (χ3v) is 5.85. The van der Waals surface area contributed by atoms with Gasteiger partial charge in [0.25, 0.3) is 0 Å². The molecule has 0 atom stereocenters. The van der Waals surface area contributed by atoms with E-state index in [1.165, 1.54) is 122 Å². The lowest BCUT2D eigenvalue weighted by atomic mass is 10.0. The Kier molecular flexibility index (Phi) is 22.3. The maximum Gasteiger partial charge on any atom is 0.222 e. The molecule has 168 valence electrons. The Bertz CT molecular complexity index is 314. The topological polar surface area (TPSA) is 29.1 Å². The second-order valence-electron chi connectivity index (χ2n) is 9.16. The minimum atomic E-state index is 0.116. The molecular weight excluding hydrogens is 342 g/mol. The normalized spacial score (nSPS) is 11.3. The van der Waals surface area contributed by atoms with Gasteiger partial charge in [0, 0.05) is 12.5 Å². The summed E-state index contributed by atoms with van der Waals surface area (Å²) in [4.78, 5) is 11.4. The van der Waals surface area contributed by atoms with Crippen molar-refractivity contribution in [2.24, 2.45) is 5.92 Å².